The molecule has 1 aromatic carbocycles. The lowest BCUT2D eigenvalue weighted by atomic mass is 10.1. The van der Waals surface area contributed by atoms with Crippen LogP contribution in [-0.2, 0) is 0 Å². The van der Waals surface area contributed by atoms with Gasteiger partial charge in [0.05, 0.1) is 5.56 Å². The molecule has 2 aromatic heterocycles. The Morgan fingerprint density at radius 2 is 2.05 bits per heavy atom. The maximum absolute atomic E-state index is 11.0. The summed E-state index contributed by atoms with van der Waals surface area (Å²) < 4.78 is 1.86. The van der Waals surface area contributed by atoms with Crippen LogP contribution < -0.4 is 0 Å². The first-order valence-corrected chi connectivity index (χ1v) is 5.81. The molecule has 0 saturated carbocycles. The summed E-state index contributed by atoms with van der Waals surface area (Å²) in [6, 6.07) is 10.6. The second-order valence-corrected chi connectivity index (χ2v) is 4.29. The zero-order valence-electron chi connectivity index (χ0n) is 10.2. The summed E-state index contributed by atoms with van der Waals surface area (Å²) in [6.45, 7) is 1.96. The largest absolute Gasteiger partial charge is 0.478 e. The molecule has 2 heterocycles. The molecule has 0 saturated heterocycles. The van der Waals surface area contributed by atoms with Crippen LogP contribution in [0, 0.1) is 6.92 Å². The highest BCUT2D eigenvalue weighted by Gasteiger charge is 2.11. The van der Waals surface area contributed by atoms with Gasteiger partial charge < -0.3 is 5.11 Å². The Labute approximate surface area is 109 Å². The number of hydrogen-bond acceptors (Lipinski definition) is 3. The van der Waals surface area contributed by atoms with Crippen molar-refractivity contribution in [2.45, 2.75) is 6.92 Å². The summed E-state index contributed by atoms with van der Waals surface area (Å²) in [7, 11) is 0. The van der Waals surface area contributed by atoms with Gasteiger partial charge in [-0.3, -0.25) is 4.40 Å². The molecule has 19 heavy (non-hydrogen) atoms. The van der Waals surface area contributed by atoms with E-state index >= 15 is 0 Å². The molecule has 5 heteroatoms. The number of nitrogens with zero attached hydrogens (tertiary/aromatic N) is 3. The molecule has 0 aliphatic heterocycles. The molecule has 1 N–H and O–H groups in total. The lowest BCUT2D eigenvalue weighted by Gasteiger charge is -2.02. The number of aromatic nitrogens is 3. The second kappa shape index (κ2) is 4.20. The van der Waals surface area contributed by atoms with E-state index in [-0.39, 0.29) is 5.56 Å². The van der Waals surface area contributed by atoms with E-state index < -0.39 is 5.97 Å². The van der Waals surface area contributed by atoms with Crippen LogP contribution in [0.2, 0.25) is 0 Å². The zero-order chi connectivity index (χ0) is 13.4. The van der Waals surface area contributed by atoms with Gasteiger partial charge in [-0.25, -0.2) is 4.79 Å². The van der Waals surface area contributed by atoms with Crippen molar-refractivity contribution in [1.29, 1.82) is 0 Å². The van der Waals surface area contributed by atoms with Crippen LogP contribution in [0.3, 0.4) is 0 Å². The van der Waals surface area contributed by atoms with Crippen LogP contribution in [0.15, 0.2) is 42.6 Å². The van der Waals surface area contributed by atoms with Gasteiger partial charge >= 0.3 is 5.97 Å². The van der Waals surface area contributed by atoms with Crippen LogP contribution in [0.5, 0.6) is 0 Å². The minimum absolute atomic E-state index is 0.238. The number of hydrogen-bond donors (Lipinski definition) is 1. The summed E-state index contributed by atoms with van der Waals surface area (Å²) in [4.78, 5) is 11.0. The van der Waals surface area contributed by atoms with Gasteiger partial charge in [0.2, 0.25) is 0 Å². The molecular weight excluding hydrogens is 242 g/mol. The number of aromatic carboxylic acids is 1. The second-order valence-electron chi connectivity index (χ2n) is 4.29. The molecule has 0 aliphatic carbocycles. The molecule has 0 spiro atoms. The van der Waals surface area contributed by atoms with E-state index in [0.29, 0.717) is 5.82 Å². The molecule has 5 nitrogen and oxygen atoms in total. The molecule has 0 aliphatic rings. The summed E-state index contributed by atoms with van der Waals surface area (Å²) in [5.41, 5.74) is 2.77. The van der Waals surface area contributed by atoms with Gasteiger partial charge in [0.25, 0.3) is 0 Å². The molecule has 94 valence electrons. The van der Waals surface area contributed by atoms with Gasteiger partial charge in [0, 0.05) is 11.8 Å². The van der Waals surface area contributed by atoms with Gasteiger partial charge in [-0.2, -0.15) is 0 Å². The summed E-state index contributed by atoms with van der Waals surface area (Å²) >= 11 is 0. The SMILES string of the molecule is Cc1cccn2c(-c3cccc(C(=O)O)c3)nnc12. The summed E-state index contributed by atoms with van der Waals surface area (Å²) in [5, 5.41) is 17.3. The Bertz CT molecular complexity index is 777. The van der Waals surface area contributed by atoms with E-state index in [1.54, 1.807) is 18.2 Å². The quantitative estimate of drug-likeness (QED) is 0.761. The molecule has 3 aromatic rings. The van der Waals surface area contributed by atoms with E-state index in [1.807, 2.05) is 35.7 Å². The highest BCUT2D eigenvalue weighted by atomic mass is 16.4. The Balaban J connectivity index is 2.22. The summed E-state index contributed by atoms with van der Waals surface area (Å²) in [6.07, 6.45) is 1.87. The van der Waals surface area contributed by atoms with E-state index in [1.165, 1.54) is 0 Å². The van der Waals surface area contributed by atoms with Gasteiger partial charge in [0.15, 0.2) is 11.5 Å². The third-order valence-electron chi connectivity index (χ3n) is 3.00. The number of carboxylic acids is 1. The standard InChI is InChI=1S/C14H11N3O2/c1-9-4-3-7-17-12(9)15-16-13(17)10-5-2-6-11(8-10)14(18)19/h2-8H,1H3,(H,18,19). The highest BCUT2D eigenvalue weighted by molar-refractivity contribution is 5.89. The Morgan fingerprint density at radius 3 is 2.84 bits per heavy atom. The Kier molecular flexibility index (Phi) is 2.52. The van der Waals surface area contributed by atoms with Crippen molar-refractivity contribution in [3.63, 3.8) is 0 Å². The molecule has 0 amide bonds. The van der Waals surface area contributed by atoms with Crippen LogP contribution in [-0.4, -0.2) is 25.7 Å². The average Bonchev–Trinajstić information content (AvgIpc) is 2.84. The Hall–Kier alpha value is -2.69. The minimum atomic E-state index is -0.952. The first-order chi connectivity index (χ1) is 9.16. The lowest BCUT2D eigenvalue weighted by molar-refractivity contribution is 0.0697. The van der Waals surface area contributed by atoms with Crippen LogP contribution in [0.4, 0.5) is 0 Å². The van der Waals surface area contributed by atoms with Crippen LogP contribution in [0.1, 0.15) is 15.9 Å². The van der Waals surface area contributed by atoms with Gasteiger partial charge in [-0.15, -0.1) is 10.2 Å². The van der Waals surface area contributed by atoms with Gasteiger partial charge in [0.1, 0.15) is 0 Å². The number of aryl methyl sites for hydroxylation is 1. The predicted molar refractivity (Wildman–Crippen MR) is 70.1 cm³/mol. The number of pyridine rings is 1. The zero-order valence-corrected chi connectivity index (χ0v) is 10.2. The number of rotatable bonds is 2. The van der Waals surface area contributed by atoms with Crippen molar-refractivity contribution in [2.24, 2.45) is 0 Å². The lowest BCUT2D eigenvalue weighted by Crippen LogP contribution is -1.97. The molecule has 0 unspecified atom stereocenters. The predicted octanol–water partition coefficient (Wildman–Crippen LogP) is 2.40. The molecule has 0 fully saturated rings. The fourth-order valence-corrected chi connectivity index (χ4v) is 2.04. The highest BCUT2D eigenvalue weighted by Crippen LogP contribution is 2.20. The monoisotopic (exact) mass is 253 g/mol. The molecule has 0 atom stereocenters. The average molecular weight is 253 g/mol. The smallest absolute Gasteiger partial charge is 0.335 e. The van der Waals surface area contributed by atoms with Gasteiger partial charge in [-0.05, 0) is 30.7 Å². The normalized spacial score (nSPS) is 10.8. The first kappa shape index (κ1) is 11.4. The van der Waals surface area contributed by atoms with E-state index in [0.717, 1.165) is 16.8 Å². The number of benzene rings is 1. The fraction of sp³-hybridized carbons (Fsp3) is 0.0714. The van der Waals surface area contributed by atoms with Crippen molar-refractivity contribution >= 4 is 11.6 Å². The van der Waals surface area contributed by atoms with Crippen LogP contribution in [0.25, 0.3) is 17.0 Å². The number of carboxylic acid groups (broad SMARTS) is 1. The summed E-state index contributed by atoms with van der Waals surface area (Å²) in [5.74, 6) is -0.311. The first-order valence-electron chi connectivity index (χ1n) is 5.81. The topological polar surface area (TPSA) is 67.5 Å². The third-order valence-corrected chi connectivity index (χ3v) is 3.00. The third kappa shape index (κ3) is 1.85. The van der Waals surface area contributed by atoms with Crippen LogP contribution >= 0.6 is 0 Å². The van der Waals surface area contributed by atoms with E-state index in [9.17, 15) is 4.79 Å². The Morgan fingerprint density at radius 1 is 1.21 bits per heavy atom. The molecule has 3 rings (SSSR count). The van der Waals surface area contributed by atoms with Crippen molar-refractivity contribution in [3.8, 4) is 11.4 Å². The fourth-order valence-electron chi connectivity index (χ4n) is 2.04. The van der Waals surface area contributed by atoms with Gasteiger partial charge in [-0.1, -0.05) is 18.2 Å². The minimum Gasteiger partial charge on any atom is -0.478 e. The molecule has 0 bridgehead atoms. The molecular formula is C14H11N3O2. The van der Waals surface area contributed by atoms with Crippen molar-refractivity contribution in [3.05, 3.63) is 53.7 Å². The van der Waals surface area contributed by atoms with Crippen molar-refractivity contribution < 1.29 is 9.90 Å². The van der Waals surface area contributed by atoms with Crippen molar-refractivity contribution in [2.75, 3.05) is 0 Å². The maximum atomic E-state index is 11.0. The van der Waals surface area contributed by atoms with E-state index in [4.69, 9.17) is 5.11 Å². The van der Waals surface area contributed by atoms with E-state index in [2.05, 4.69) is 10.2 Å². The van der Waals surface area contributed by atoms with Crippen molar-refractivity contribution in [1.82, 2.24) is 14.6 Å². The molecule has 0 radical (unpaired) electrons. The number of carbonyl (C=O) groups is 1. The maximum Gasteiger partial charge on any atom is 0.335 e. The number of fused-ring (bicyclic) bond motifs is 1.